The van der Waals surface area contributed by atoms with Crippen molar-refractivity contribution >= 4 is 5.91 Å². The second kappa shape index (κ2) is 0.967. The zero-order chi connectivity index (χ0) is 5.49. The lowest BCUT2D eigenvalue weighted by Gasteiger charge is -2.28. The maximum atomic E-state index is 12.2. The Morgan fingerprint density at radius 3 is 2.43 bits per heavy atom. The first kappa shape index (κ1) is 4.56. The van der Waals surface area contributed by atoms with Crippen molar-refractivity contribution in [1.82, 2.24) is 5.32 Å². The maximum Gasteiger partial charge on any atom is 0.259 e. The second-order valence-electron chi connectivity index (χ2n) is 1.88. The molecule has 1 amide bonds. The summed E-state index contributed by atoms with van der Waals surface area (Å²) in [5.41, 5.74) is -1.57. The van der Waals surface area contributed by atoms with Crippen LogP contribution < -0.4 is 5.32 Å². The van der Waals surface area contributed by atoms with Crippen LogP contribution in [0.25, 0.3) is 0 Å². The van der Waals surface area contributed by atoms with E-state index in [2.05, 4.69) is 5.32 Å². The molecule has 1 aliphatic rings. The van der Waals surface area contributed by atoms with Gasteiger partial charge in [0.25, 0.3) is 5.91 Å². The number of alkyl halides is 1. The number of halogens is 1. The standard InChI is InChI=1S/C4H6FNO/c1-4(5)2-6-3(4)7/h2H2,1H3,(H,6,7). The fourth-order valence-corrected chi connectivity index (χ4v) is 0.404. The number of carbonyl (C=O) groups is 1. The summed E-state index contributed by atoms with van der Waals surface area (Å²) in [6.07, 6.45) is 0. The van der Waals surface area contributed by atoms with Crippen LogP contribution >= 0.6 is 0 Å². The van der Waals surface area contributed by atoms with Gasteiger partial charge in [0.15, 0.2) is 0 Å². The third kappa shape index (κ3) is 0.480. The van der Waals surface area contributed by atoms with Gasteiger partial charge in [-0.25, -0.2) is 4.39 Å². The summed E-state index contributed by atoms with van der Waals surface area (Å²) in [6, 6.07) is 0. The summed E-state index contributed by atoms with van der Waals surface area (Å²) in [5.74, 6) is -0.493. The van der Waals surface area contributed by atoms with Gasteiger partial charge in [-0.05, 0) is 6.92 Å². The van der Waals surface area contributed by atoms with Gasteiger partial charge >= 0.3 is 0 Å². The van der Waals surface area contributed by atoms with Crippen LogP contribution in [0.3, 0.4) is 0 Å². The van der Waals surface area contributed by atoms with Crippen molar-refractivity contribution in [3.63, 3.8) is 0 Å². The number of rotatable bonds is 0. The van der Waals surface area contributed by atoms with Gasteiger partial charge in [0, 0.05) is 0 Å². The van der Waals surface area contributed by atoms with Crippen molar-refractivity contribution in [2.24, 2.45) is 0 Å². The molecule has 40 valence electrons. The van der Waals surface area contributed by atoms with E-state index in [0.29, 0.717) is 0 Å². The number of amides is 1. The third-order valence-corrected chi connectivity index (χ3v) is 1.05. The van der Waals surface area contributed by atoms with E-state index in [1.807, 2.05) is 0 Å². The van der Waals surface area contributed by atoms with Crippen LogP contribution in [-0.4, -0.2) is 18.1 Å². The number of hydrogen-bond donors (Lipinski definition) is 1. The van der Waals surface area contributed by atoms with Gasteiger partial charge in [0.1, 0.15) is 0 Å². The predicted octanol–water partition coefficient (Wildman–Crippen LogP) is -0.156. The summed E-state index contributed by atoms with van der Waals surface area (Å²) < 4.78 is 12.2. The second-order valence-corrected chi connectivity index (χ2v) is 1.88. The Kier molecular flexibility index (Phi) is 0.629. The summed E-state index contributed by atoms with van der Waals surface area (Å²) in [4.78, 5) is 10.1. The molecule has 1 rings (SSSR count). The highest BCUT2D eigenvalue weighted by molar-refractivity contribution is 5.90. The minimum absolute atomic E-state index is 0.172. The lowest BCUT2D eigenvalue weighted by molar-refractivity contribution is -0.140. The normalized spacial score (nSPS) is 39.4. The molecule has 0 saturated carbocycles. The number of nitrogens with one attached hydrogen (secondary N) is 1. The van der Waals surface area contributed by atoms with Crippen molar-refractivity contribution in [3.05, 3.63) is 0 Å². The Balaban J connectivity index is 2.59. The summed E-state index contributed by atoms with van der Waals surface area (Å²) in [6.45, 7) is 1.44. The van der Waals surface area contributed by atoms with Gasteiger partial charge in [-0.3, -0.25) is 4.79 Å². The monoisotopic (exact) mass is 103 g/mol. The van der Waals surface area contributed by atoms with Gasteiger partial charge in [-0.15, -0.1) is 0 Å². The van der Waals surface area contributed by atoms with Crippen LogP contribution in [-0.2, 0) is 4.79 Å². The molecule has 1 aliphatic heterocycles. The number of carbonyl (C=O) groups excluding carboxylic acids is 1. The quantitative estimate of drug-likeness (QED) is 0.424. The molecule has 2 nitrogen and oxygen atoms in total. The Morgan fingerprint density at radius 1 is 2.00 bits per heavy atom. The van der Waals surface area contributed by atoms with E-state index in [0.717, 1.165) is 0 Å². The molecule has 1 unspecified atom stereocenters. The van der Waals surface area contributed by atoms with E-state index < -0.39 is 11.6 Å². The molecular formula is C4H6FNO. The van der Waals surface area contributed by atoms with Crippen LogP contribution in [0, 0.1) is 0 Å². The fourth-order valence-electron chi connectivity index (χ4n) is 0.404. The molecule has 7 heavy (non-hydrogen) atoms. The summed E-state index contributed by atoms with van der Waals surface area (Å²) in [7, 11) is 0. The van der Waals surface area contributed by atoms with E-state index in [4.69, 9.17) is 0 Å². The molecular weight excluding hydrogens is 97.0 g/mol. The molecule has 0 aromatic heterocycles. The SMILES string of the molecule is CC1(F)CNC1=O. The Morgan fingerprint density at radius 2 is 2.43 bits per heavy atom. The van der Waals surface area contributed by atoms with E-state index >= 15 is 0 Å². The molecule has 0 aromatic rings. The Labute approximate surface area is 40.7 Å². The first-order chi connectivity index (χ1) is 3.13. The van der Waals surface area contributed by atoms with Crippen molar-refractivity contribution in [2.45, 2.75) is 12.6 Å². The van der Waals surface area contributed by atoms with Gasteiger partial charge < -0.3 is 5.32 Å². The molecule has 1 fully saturated rings. The summed E-state index contributed by atoms with van der Waals surface area (Å²) in [5, 5.41) is 2.28. The van der Waals surface area contributed by atoms with Crippen LogP contribution in [0.2, 0.25) is 0 Å². The topological polar surface area (TPSA) is 29.1 Å². The molecule has 3 heteroatoms. The number of hydrogen-bond acceptors (Lipinski definition) is 1. The molecule has 0 aliphatic carbocycles. The van der Waals surface area contributed by atoms with E-state index in [-0.39, 0.29) is 6.54 Å². The van der Waals surface area contributed by atoms with Crippen molar-refractivity contribution in [3.8, 4) is 0 Å². The zero-order valence-electron chi connectivity index (χ0n) is 3.99. The molecule has 0 spiro atoms. The number of β-lactam (4-membered cyclic amide) rings is 1. The van der Waals surface area contributed by atoms with E-state index in [1.165, 1.54) is 6.92 Å². The maximum absolute atomic E-state index is 12.2. The van der Waals surface area contributed by atoms with Gasteiger partial charge in [-0.1, -0.05) is 0 Å². The highest BCUT2D eigenvalue weighted by Gasteiger charge is 2.41. The van der Waals surface area contributed by atoms with Crippen LogP contribution in [0.5, 0.6) is 0 Å². The lowest BCUT2D eigenvalue weighted by atomic mass is 10.0. The molecule has 0 aromatic carbocycles. The highest BCUT2D eigenvalue weighted by atomic mass is 19.1. The predicted molar refractivity (Wildman–Crippen MR) is 22.5 cm³/mol. The first-order valence-electron chi connectivity index (χ1n) is 2.10. The van der Waals surface area contributed by atoms with Crippen LogP contribution in [0.15, 0.2) is 0 Å². The summed E-state index contributed by atoms with van der Waals surface area (Å²) >= 11 is 0. The van der Waals surface area contributed by atoms with Crippen LogP contribution in [0.4, 0.5) is 4.39 Å². The Bertz CT molecular complexity index is 110. The highest BCUT2D eigenvalue weighted by Crippen LogP contribution is 2.15. The van der Waals surface area contributed by atoms with E-state index in [1.54, 1.807) is 0 Å². The van der Waals surface area contributed by atoms with E-state index in [9.17, 15) is 9.18 Å². The minimum Gasteiger partial charge on any atom is -0.350 e. The van der Waals surface area contributed by atoms with Crippen molar-refractivity contribution in [1.29, 1.82) is 0 Å². The molecule has 1 saturated heterocycles. The van der Waals surface area contributed by atoms with Crippen molar-refractivity contribution < 1.29 is 9.18 Å². The lowest BCUT2D eigenvalue weighted by Crippen LogP contribution is -2.59. The molecule has 1 N–H and O–H groups in total. The molecule has 1 heterocycles. The average Bonchev–Trinajstić information content (AvgIpc) is 1.63. The molecule has 1 atom stereocenters. The molecule has 0 radical (unpaired) electrons. The first-order valence-corrected chi connectivity index (χ1v) is 2.10. The third-order valence-electron chi connectivity index (χ3n) is 1.05. The minimum atomic E-state index is -1.57. The van der Waals surface area contributed by atoms with Gasteiger partial charge in [-0.2, -0.15) is 0 Å². The van der Waals surface area contributed by atoms with Gasteiger partial charge in [0.05, 0.1) is 6.54 Å². The molecule has 0 bridgehead atoms. The van der Waals surface area contributed by atoms with Crippen molar-refractivity contribution in [2.75, 3.05) is 6.54 Å². The Hall–Kier alpha value is -0.600. The average molecular weight is 103 g/mol. The zero-order valence-corrected chi connectivity index (χ0v) is 3.99. The smallest absolute Gasteiger partial charge is 0.259 e. The largest absolute Gasteiger partial charge is 0.350 e. The van der Waals surface area contributed by atoms with Gasteiger partial charge in [0.2, 0.25) is 5.67 Å². The fraction of sp³-hybridized carbons (Fsp3) is 0.750. The van der Waals surface area contributed by atoms with Crippen LogP contribution in [0.1, 0.15) is 6.92 Å².